The zero-order valence-electron chi connectivity index (χ0n) is 13.7. The number of hydrogen-bond donors (Lipinski definition) is 0. The van der Waals surface area contributed by atoms with E-state index in [4.69, 9.17) is 9.47 Å². The van der Waals surface area contributed by atoms with Gasteiger partial charge in [0.1, 0.15) is 30.0 Å². The molecule has 2 aromatic carbocycles. The van der Waals surface area contributed by atoms with Crippen LogP contribution in [0.2, 0.25) is 0 Å². The Morgan fingerprint density at radius 2 is 2.12 bits per heavy atom. The summed E-state index contributed by atoms with van der Waals surface area (Å²) in [5, 5.41) is 0. The van der Waals surface area contributed by atoms with E-state index in [9.17, 15) is 9.18 Å². The fraction of sp³-hybridized carbons (Fsp3) is 0.250. The molecule has 0 saturated carbocycles. The molecule has 4 heteroatoms. The minimum Gasteiger partial charge on any atom is -0.489 e. The molecule has 0 radical (unpaired) electrons. The van der Waals surface area contributed by atoms with Crippen LogP contribution in [0.25, 0.3) is 0 Å². The van der Waals surface area contributed by atoms with E-state index in [1.807, 2.05) is 19.9 Å². The lowest BCUT2D eigenvalue weighted by atomic mass is 9.96. The van der Waals surface area contributed by atoms with E-state index in [0.29, 0.717) is 29.2 Å². The van der Waals surface area contributed by atoms with Crippen molar-refractivity contribution in [3.05, 3.63) is 71.1 Å². The van der Waals surface area contributed by atoms with Crippen molar-refractivity contribution >= 4 is 5.78 Å². The van der Waals surface area contributed by atoms with E-state index in [0.717, 1.165) is 0 Å². The second kappa shape index (κ2) is 6.87. The fourth-order valence-corrected chi connectivity index (χ4v) is 2.59. The molecule has 0 bridgehead atoms. The molecule has 0 aromatic heterocycles. The van der Waals surface area contributed by atoms with Crippen LogP contribution >= 0.6 is 0 Å². The summed E-state index contributed by atoms with van der Waals surface area (Å²) in [6.07, 6.45) is 1.70. The van der Waals surface area contributed by atoms with Crippen LogP contribution in [-0.4, -0.2) is 12.4 Å². The van der Waals surface area contributed by atoms with Crippen LogP contribution in [0.4, 0.5) is 4.39 Å². The van der Waals surface area contributed by atoms with Crippen molar-refractivity contribution in [1.82, 2.24) is 0 Å². The first-order chi connectivity index (χ1) is 11.5. The number of allylic oxidation sites excluding steroid dienone is 1. The Kier molecular flexibility index (Phi) is 4.65. The molecule has 3 nitrogen and oxygen atoms in total. The summed E-state index contributed by atoms with van der Waals surface area (Å²) >= 11 is 0. The van der Waals surface area contributed by atoms with Gasteiger partial charge in [-0.2, -0.15) is 0 Å². The highest BCUT2D eigenvalue weighted by Gasteiger charge is 2.28. The lowest BCUT2D eigenvalue weighted by Gasteiger charge is -2.26. The van der Waals surface area contributed by atoms with Gasteiger partial charge in [-0.25, -0.2) is 4.39 Å². The van der Waals surface area contributed by atoms with Crippen molar-refractivity contribution in [3.8, 4) is 11.5 Å². The van der Waals surface area contributed by atoms with Crippen molar-refractivity contribution in [1.29, 1.82) is 0 Å². The van der Waals surface area contributed by atoms with E-state index in [1.165, 1.54) is 17.7 Å². The summed E-state index contributed by atoms with van der Waals surface area (Å²) in [6.45, 7) is 4.46. The van der Waals surface area contributed by atoms with Gasteiger partial charge in [-0.3, -0.25) is 4.79 Å². The highest BCUT2D eigenvalue weighted by atomic mass is 19.1. The Bertz CT molecular complexity index is 791. The largest absolute Gasteiger partial charge is 0.489 e. The quantitative estimate of drug-likeness (QED) is 0.751. The van der Waals surface area contributed by atoms with Crippen molar-refractivity contribution in [2.24, 2.45) is 0 Å². The third-order valence-electron chi connectivity index (χ3n) is 3.86. The average molecular weight is 326 g/mol. The zero-order chi connectivity index (χ0) is 17.1. The van der Waals surface area contributed by atoms with Crippen molar-refractivity contribution in [3.63, 3.8) is 0 Å². The maximum absolute atomic E-state index is 13.4. The second-order valence-electron chi connectivity index (χ2n) is 6.04. The lowest BCUT2D eigenvalue weighted by Crippen LogP contribution is -2.20. The summed E-state index contributed by atoms with van der Waals surface area (Å²) < 4.78 is 25.0. The lowest BCUT2D eigenvalue weighted by molar-refractivity contribution is 0.0849. The molecule has 1 aliphatic rings. The Morgan fingerprint density at radius 1 is 1.29 bits per heavy atom. The fourth-order valence-electron chi connectivity index (χ4n) is 2.59. The van der Waals surface area contributed by atoms with Crippen LogP contribution in [0.15, 0.2) is 54.1 Å². The van der Waals surface area contributed by atoms with E-state index < -0.39 is 6.10 Å². The SMILES string of the molecule is CC(C)=CCOc1ccc2c(c1)OC(c1cccc(F)c1)CC2=O. The van der Waals surface area contributed by atoms with Gasteiger partial charge in [0.2, 0.25) is 0 Å². The van der Waals surface area contributed by atoms with Crippen LogP contribution in [0, 0.1) is 5.82 Å². The smallest absolute Gasteiger partial charge is 0.170 e. The topological polar surface area (TPSA) is 35.5 Å². The van der Waals surface area contributed by atoms with Gasteiger partial charge in [-0.05, 0) is 49.8 Å². The normalized spacial score (nSPS) is 16.1. The van der Waals surface area contributed by atoms with Crippen LogP contribution in [0.3, 0.4) is 0 Å². The number of carbonyl (C=O) groups excluding carboxylic acids is 1. The number of carbonyl (C=O) groups is 1. The first-order valence-corrected chi connectivity index (χ1v) is 7.88. The molecular formula is C20H19FO3. The molecule has 2 aromatic rings. The predicted octanol–water partition coefficient (Wildman–Crippen LogP) is 4.88. The molecular weight excluding hydrogens is 307 g/mol. The van der Waals surface area contributed by atoms with E-state index in [2.05, 4.69) is 0 Å². The first-order valence-electron chi connectivity index (χ1n) is 7.88. The number of ether oxygens (including phenoxy) is 2. The number of benzene rings is 2. The van der Waals surface area contributed by atoms with Crippen LogP contribution in [0.1, 0.15) is 42.3 Å². The van der Waals surface area contributed by atoms with Crippen molar-refractivity contribution < 1.29 is 18.7 Å². The number of hydrogen-bond acceptors (Lipinski definition) is 3. The molecule has 0 saturated heterocycles. The Labute approximate surface area is 140 Å². The number of halogens is 1. The predicted molar refractivity (Wildman–Crippen MR) is 90.1 cm³/mol. The van der Waals surface area contributed by atoms with Gasteiger partial charge in [0, 0.05) is 6.07 Å². The number of Topliss-reactive ketones (excluding diaryl/α,β-unsaturated/α-hetero) is 1. The van der Waals surface area contributed by atoms with Gasteiger partial charge in [0.05, 0.1) is 12.0 Å². The molecule has 3 rings (SSSR count). The van der Waals surface area contributed by atoms with E-state index >= 15 is 0 Å². The van der Waals surface area contributed by atoms with Gasteiger partial charge in [-0.15, -0.1) is 0 Å². The highest BCUT2D eigenvalue weighted by Crippen LogP contribution is 2.37. The zero-order valence-corrected chi connectivity index (χ0v) is 13.7. The first kappa shape index (κ1) is 16.2. The molecule has 0 amide bonds. The molecule has 0 aliphatic carbocycles. The van der Waals surface area contributed by atoms with Crippen LogP contribution in [0.5, 0.6) is 11.5 Å². The Hall–Kier alpha value is -2.62. The van der Waals surface area contributed by atoms with Crippen molar-refractivity contribution in [2.75, 3.05) is 6.61 Å². The number of rotatable bonds is 4. The van der Waals surface area contributed by atoms with Crippen LogP contribution < -0.4 is 9.47 Å². The molecule has 124 valence electrons. The highest BCUT2D eigenvalue weighted by molar-refractivity contribution is 6.00. The summed E-state index contributed by atoms with van der Waals surface area (Å²) in [6, 6.07) is 11.4. The molecule has 1 aliphatic heterocycles. The monoisotopic (exact) mass is 326 g/mol. The third-order valence-corrected chi connectivity index (χ3v) is 3.86. The molecule has 1 unspecified atom stereocenters. The van der Waals surface area contributed by atoms with Gasteiger partial charge < -0.3 is 9.47 Å². The second-order valence-corrected chi connectivity index (χ2v) is 6.04. The molecule has 0 fully saturated rings. The van der Waals surface area contributed by atoms with Gasteiger partial charge >= 0.3 is 0 Å². The Morgan fingerprint density at radius 3 is 2.88 bits per heavy atom. The number of ketones is 1. The molecule has 1 atom stereocenters. The maximum Gasteiger partial charge on any atom is 0.170 e. The van der Waals surface area contributed by atoms with E-state index in [-0.39, 0.29) is 18.0 Å². The summed E-state index contributed by atoms with van der Waals surface area (Å²) in [4.78, 5) is 12.3. The molecule has 0 spiro atoms. The minimum absolute atomic E-state index is 0.0126. The molecule has 0 N–H and O–H groups in total. The minimum atomic E-state index is -0.478. The van der Waals surface area contributed by atoms with Crippen LogP contribution in [-0.2, 0) is 0 Å². The van der Waals surface area contributed by atoms with E-state index in [1.54, 1.807) is 30.3 Å². The van der Waals surface area contributed by atoms with Gasteiger partial charge in [0.25, 0.3) is 0 Å². The maximum atomic E-state index is 13.4. The van der Waals surface area contributed by atoms with Gasteiger partial charge in [-0.1, -0.05) is 17.7 Å². The molecule has 24 heavy (non-hydrogen) atoms. The number of fused-ring (bicyclic) bond motifs is 1. The summed E-state index contributed by atoms with van der Waals surface area (Å²) in [5.74, 6) is 0.767. The average Bonchev–Trinajstić information content (AvgIpc) is 2.54. The summed E-state index contributed by atoms with van der Waals surface area (Å²) in [5.41, 5.74) is 2.37. The third kappa shape index (κ3) is 3.65. The summed E-state index contributed by atoms with van der Waals surface area (Å²) in [7, 11) is 0. The molecule has 1 heterocycles. The standard InChI is InChI=1S/C20H19FO3/c1-13(2)8-9-23-16-6-7-17-18(22)12-19(24-20(17)11-16)14-4-3-5-15(21)10-14/h3-8,10-11,19H,9,12H2,1-2H3. The van der Waals surface area contributed by atoms with Gasteiger partial charge in [0.15, 0.2) is 5.78 Å². The Balaban J connectivity index is 1.82. The van der Waals surface area contributed by atoms with Crippen molar-refractivity contribution in [2.45, 2.75) is 26.4 Å².